The molecule has 108 valence electrons. The fourth-order valence-electron chi connectivity index (χ4n) is 2.30. The average Bonchev–Trinajstić information content (AvgIpc) is 2.32. The monoisotopic (exact) mass is 265 g/mol. The van der Waals surface area contributed by atoms with Gasteiger partial charge in [-0.15, -0.1) is 0 Å². The minimum Gasteiger partial charge on any atom is -0.387 e. The SMILES string of the molecule is COCCN(CC(O)c1cc(C)cc(C)c1)C(C)C. The number of rotatable bonds is 7. The van der Waals surface area contributed by atoms with Crippen LogP contribution in [0.4, 0.5) is 0 Å². The number of hydrogen-bond donors (Lipinski definition) is 1. The van der Waals surface area contributed by atoms with E-state index in [-0.39, 0.29) is 0 Å². The summed E-state index contributed by atoms with van der Waals surface area (Å²) < 4.78 is 5.12. The summed E-state index contributed by atoms with van der Waals surface area (Å²) in [6.45, 7) is 10.6. The van der Waals surface area contributed by atoms with E-state index < -0.39 is 6.10 Å². The van der Waals surface area contributed by atoms with Crippen molar-refractivity contribution in [3.8, 4) is 0 Å². The summed E-state index contributed by atoms with van der Waals surface area (Å²) in [6, 6.07) is 6.65. The number of aliphatic hydroxyl groups is 1. The second-order valence-electron chi connectivity index (χ2n) is 5.52. The molecule has 1 N–H and O–H groups in total. The third kappa shape index (κ3) is 5.31. The summed E-state index contributed by atoms with van der Waals surface area (Å²) in [7, 11) is 1.71. The van der Waals surface area contributed by atoms with Crippen LogP contribution < -0.4 is 0 Å². The maximum atomic E-state index is 10.4. The Morgan fingerprint density at radius 2 is 1.74 bits per heavy atom. The van der Waals surface area contributed by atoms with Crippen LogP contribution >= 0.6 is 0 Å². The summed E-state index contributed by atoms with van der Waals surface area (Å²) in [4.78, 5) is 2.24. The Hall–Kier alpha value is -0.900. The molecule has 0 aromatic heterocycles. The molecule has 0 heterocycles. The lowest BCUT2D eigenvalue weighted by atomic mass is 10.0. The lowest BCUT2D eigenvalue weighted by Crippen LogP contribution is -2.37. The van der Waals surface area contributed by atoms with Gasteiger partial charge in [-0.1, -0.05) is 29.3 Å². The molecule has 1 aromatic carbocycles. The van der Waals surface area contributed by atoms with Crippen molar-refractivity contribution in [2.45, 2.75) is 39.8 Å². The molecule has 3 heteroatoms. The van der Waals surface area contributed by atoms with Crippen molar-refractivity contribution < 1.29 is 9.84 Å². The topological polar surface area (TPSA) is 32.7 Å². The van der Waals surface area contributed by atoms with Gasteiger partial charge >= 0.3 is 0 Å². The molecular weight excluding hydrogens is 238 g/mol. The van der Waals surface area contributed by atoms with Crippen molar-refractivity contribution in [2.75, 3.05) is 26.8 Å². The number of ether oxygens (including phenoxy) is 1. The maximum Gasteiger partial charge on any atom is 0.0917 e. The smallest absolute Gasteiger partial charge is 0.0917 e. The lowest BCUT2D eigenvalue weighted by molar-refractivity contribution is 0.0721. The minimum atomic E-state index is -0.446. The highest BCUT2D eigenvalue weighted by Crippen LogP contribution is 2.18. The molecule has 0 fully saturated rings. The quantitative estimate of drug-likeness (QED) is 0.823. The molecule has 0 saturated heterocycles. The van der Waals surface area contributed by atoms with Crippen molar-refractivity contribution in [2.24, 2.45) is 0 Å². The van der Waals surface area contributed by atoms with Gasteiger partial charge in [-0.05, 0) is 33.3 Å². The Morgan fingerprint density at radius 1 is 1.16 bits per heavy atom. The molecule has 3 nitrogen and oxygen atoms in total. The molecule has 0 saturated carbocycles. The zero-order chi connectivity index (χ0) is 14.4. The number of methoxy groups -OCH3 is 1. The molecule has 19 heavy (non-hydrogen) atoms. The first kappa shape index (κ1) is 16.2. The van der Waals surface area contributed by atoms with Crippen LogP contribution in [0.25, 0.3) is 0 Å². The third-order valence-electron chi connectivity index (χ3n) is 3.35. The van der Waals surface area contributed by atoms with Crippen LogP contribution in [0.5, 0.6) is 0 Å². The minimum absolute atomic E-state index is 0.399. The van der Waals surface area contributed by atoms with Gasteiger partial charge in [0.2, 0.25) is 0 Å². The molecule has 0 aliphatic carbocycles. The summed E-state index contributed by atoms with van der Waals surface area (Å²) in [5.41, 5.74) is 3.39. The number of aryl methyl sites for hydroxylation is 2. The molecule has 1 unspecified atom stereocenters. The van der Waals surface area contributed by atoms with E-state index in [4.69, 9.17) is 4.74 Å². The van der Waals surface area contributed by atoms with Crippen LogP contribution in [-0.4, -0.2) is 42.9 Å². The van der Waals surface area contributed by atoms with Crippen LogP contribution in [0.2, 0.25) is 0 Å². The Morgan fingerprint density at radius 3 is 2.21 bits per heavy atom. The first-order valence-electron chi connectivity index (χ1n) is 6.93. The Balaban J connectivity index is 2.72. The molecule has 0 amide bonds. The fourth-order valence-corrected chi connectivity index (χ4v) is 2.30. The van der Waals surface area contributed by atoms with E-state index >= 15 is 0 Å². The lowest BCUT2D eigenvalue weighted by Gasteiger charge is -2.28. The van der Waals surface area contributed by atoms with Crippen molar-refractivity contribution in [3.63, 3.8) is 0 Å². The summed E-state index contributed by atoms with van der Waals surface area (Å²) in [6.07, 6.45) is -0.446. The van der Waals surface area contributed by atoms with Crippen LogP contribution in [-0.2, 0) is 4.74 Å². The second kappa shape index (κ2) is 7.63. The van der Waals surface area contributed by atoms with Gasteiger partial charge in [-0.25, -0.2) is 0 Å². The highest BCUT2D eigenvalue weighted by atomic mass is 16.5. The molecule has 0 spiro atoms. The van der Waals surface area contributed by atoms with Gasteiger partial charge in [0, 0.05) is 26.2 Å². The zero-order valence-electron chi connectivity index (χ0n) is 12.8. The van der Waals surface area contributed by atoms with Crippen LogP contribution in [0.15, 0.2) is 18.2 Å². The normalized spacial score (nSPS) is 13.3. The van der Waals surface area contributed by atoms with Crippen LogP contribution in [0.3, 0.4) is 0 Å². The average molecular weight is 265 g/mol. The largest absolute Gasteiger partial charge is 0.387 e. The predicted molar refractivity (Wildman–Crippen MR) is 79.5 cm³/mol. The molecule has 1 aromatic rings. The maximum absolute atomic E-state index is 10.4. The van der Waals surface area contributed by atoms with Gasteiger partial charge in [0.1, 0.15) is 0 Å². The van der Waals surface area contributed by atoms with Crippen molar-refractivity contribution in [3.05, 3.63) is 34.9 Å². The van der Waals surface area contributed by atoms with E-state index in [9.17, 15) is 5.11 Å². The third-order valence-corrected chi connectivity index (χ3v) is 3.35. The molecule has 0 bridgehead atoms. The first-order chi connectivity index (χ1) is 8.93. The number of hydrogen-bond acceptors (Lipinski definition) is 3. The molecule has 1 rings (SSSR count). The van der Waals surface area contributed by atoms with E-state index in [2.05, 4.69) is 50.8 Å². The van der Waals surface area contributed by atoms with Gasteiger partial charge in [-0.2, -0.15) is 0 Å². The molecule has 0 aliphatic rings. The Labute approximate surface area is 117 Å². The van der Waals surface area contributed by atoms with E-state index in [1.807, 2.05) is 0 Å². The fraction of sp³-hybridized carbons (Fsp3) is 0.625. The second-order valence-corrected chi connectivity index (χ2v) is 5.52. The van der Waals surface area contributed by atoms with E-state index in [0.29, 0.717) is 19.2 Å². The molecule has 1 atom stereocenters. The van der Waals surface area contributed by atoms with Gasteiger partial charge in [0.15, 0.2) is 0 Å². The van der Waals surface area contributed by atoms with Crippen molar-refractivity contribution >= 4 is 0 Å². The number of nitrogens with zero attached hydrogens (tertiary/aromatic N) is 1. The summed E-state index contributed by atoms with van der Waals surface area (Å²) >= 11 is 0. The van der Waals surface area contributed by atoms with Crippen LogP contribution in [0, 0.1) is 13.8 Å². The Kier molecular flexibility index (Phi) is 6.49. The predicted octanol–water partition coefficient (Wildman–Crippen LogP) is 2.69. The van der Waals surface area contributed by atoms with E-state index in [1.54, 1.807) is 7.11 Å². The standard InChI is InChI=1S/C16H27NO2/c1-12(2)17(6-7-19-5)11-16(18)15-9-13(3)8-14(4)10-15/h8-10,12,16,18H,6-7,11H2,1-5H3. The number of benzene rings is 1. The van der Waals surface area contributed by atoms with Gasteiger partial charge in [-0.3, -0.25) is 4.90 Å². The first-order valence-corrected chi connectivity index (χ1v) is 6.93. The van der Waals surface area contributed by atoms with Gasteiger partial charge < -0.3 is 9.84 Å². The van der Waals surface area contributed by atoms with Crippen molar-refractivity contribution in [1.29, 1.82) is 0 Å². The summed E-state index contributed by atoms with van der Waals surface area (Å²) in [5, 5.41) is 10.4. The molecular formula is C16H27NO2. The highest BCUT2D eigenvalue weighted by molar-refractivity contribution is 5.30. The van der Waals surface area contributed by atoms with E-state index in [1.165, 1.54) is 11.1 Å². The van der Waals surface area contributed by atoms with Crippen LogP contribution in [0.1, 0.15) is 36.6 Å². The zero-order valence-corrected chi connectivity index (χ0v) is 12.8. The Bertz CT molecular complexity index is 370. The van der Waals surface area contributed by atoms with Gasteiger partial charge in [0.25, 0.3) is 0 Å². The molecule has 0 aliphatic heterocycles. The van der Waals surface area contributed by atoms with Gasteiger partial charge in [0.05, 0.1) is 12.7 Å². The molecule has 0 radical (unpaired) electrons. The van der Waals surface area contributed by atoms with Crippen molar-refractivity contribution in [1.82, 2.24) is 4.90 Å². The number of aliphatic hydroxyl groups excluding tert-OH is 1. The highest BCUT2D eigenvalue weighted by Gasteiger charge is 2.16. The van der Waals surface area contributed by atoms with E-state index in [0.717, 1.165) is 12.1 Å². The summed E-state index contributed by atoms with van der Waals surface area (Å²) in [5.74, 6) is 0.